The number of amidine groups is 1. The second kappa shape index (κ2) is 7.38. The highest BCUT2D eigenvalue weighted by atomic mass is 35.5. The van der Waals surface area contributed by atoms with Crippen molar-refractivity contribution in [2.75, 3.05) is 11.9 Å². The molecule has 4 nitrogen and oxygen atoms in total. The van der Waals surface area contributed by atoms with Crippen molar-refractivity contribution in [3.05, 3.63) is 63.9 Å². The molecule has 0 saturated heterocycles. The van der Waals surface area contributed by atoms with Crippen molar-refractivity contribution >= 4 is 34.7 Å². The molecule has 2 aromatic rings. The van der Waals surface area contributed by atoms with E-state index >= 15 is 0 Å². The lowest BCUT2D eigenvalue weighted by atomic mass is 9.87. The van der Waals surface area contributed by atoms with E-state index in [1.807, 2.05) is 6.92 Å². The molecule has 1 atom stereocenters. The minimum Gasteiger partial charge on any atom is -0.342 e. The van der Waals surface area contributed by atoms with Crippen molar-refractivity contribution < 1.29 is 14.0 Å². The number of hydrogen-bond donors (Lipinski definition) is 1. The molecule has 134 valence electrons. The van der Waals surface area contributed by atoms with Crippen LogP contribution in [0.1, 0.15) is 28.4 Å². The van der Waals surface area contributed by atoms with Gasteiger partial charge in [-0.1, -0.05) is 23.7 Å². The van der Waals surface area contributed by atoms with Crippen LogP contribution in [-0.4, -0.2) is 23.9 Å². The second-order valence-electron chi connectivity index (χ2n) is 6.32. The normalized spacial score (nSPS) is 17.8. The minimum absolute atomic E-state index is 0.272. The van der Waals surface area contributed by atoms with Gasteiger partial charge in [-0.15, -0.1) is 0 Å². The van der Waals surface area contributed by atoms with Gasteiger partial charge in [-0.3, -0.25) is 14.6 Å². The van der Waals surface area contributed by atoms with Crippen LogP contribution in [0.2, 0.25) is 5.02 Å². The van der Waals surface area contributed by atoms with Gasteiger partial charge in [0.2, 0.25) is 0 Å². The first kappa shape index (κ1) is 18.3. The number of aliphatic imine (C=N–C) groups is 1. The molecule has 0 aromatic heterocycles. The predicted molar refractivity (Wildman–Crippen MR) is 101 cm³/mol. The third-order valence-electron chi connectivity index (χ3n) is 4.36. The Hall–Kier alpha value is -2.53. The molecule has 26 heavy (non-hydrogen) atoms. The first-order valence-electron chi connectivity index (χ1n) is 8.27. The highest BCUT2D eigenvalue weighted by Gasteiger charge is 2.36. The van der Waals surface area contributed by atoms with Gasteiger partial charge in [0.1, 0.15) is 23.4 Å². The summed E-state index contributed by atoms with van der Waals surface area (Å²) in [6, 6.07) is 9.51. The Labute approximate surface area is 156 Å². The average molecular weight is 373 g/mol. The van der Waals surface area contributed by atoms with Crippen molar-refractivity contribution in [1.82, 2.24) is 0 Å². The Morgan fingerprint density at radius 1 is 1.27 bits per heavy atom. The van der Waals surface area contributed by atoms with Gasteiger partial charge >= 0.3 is 0 Å². The van der Waals surface area contributed by atoms with Gasteiger partial charge in [-0.2, -0.15) is 0 Å². The zero-order chi connectivity index (χ0) is 18.8. The highest BCUT2D eigenvalue weighted by molar-refractivity contribution is 6.35. The number of aryl methyl sites for hydroxylation is 1. The highest BCUT2D eigenvalue weighted by Crippen LogP contribution is 2.32. The predicted octanol–water partition coefficient (Wildman–Crippen LogP) is 4.24. The molecular formula is C20H18ClFN2O2. The maximum atomic E-state index is 13.0. The van der Waals surface area contributed by atoms with Crippen molar-refractivity contribution in [3.63, 3.8) is 0 Å². The summed E-state index contributed by atoms with van der Waals surface area (Å²) < 4.78 is 13.0. The van der Waals surface area contributed by atoms with Gasteiger partial charge in [-0.05, 0) is 55.7 Å². The van der Waals surface area contributed by atoms with E-state index in [2.05, 4.69) is 10.3 Å². The number of ketones is 2. The third kappa shape index (κ3) is 3.68. The fourth-order valence-corrected chi connectivity index (χ4v) is 3.32. The quantitative estimate of drug-likeness (QED) is 0.816. The summed E-state index contributed by atoms with van der Waals surface area (Å²) >= 11 is 6.05. The van der Waals surface area contributed by atoms with E-state index in [1.165, 1.54) is 19.1 Å². The standard InChI is InChI=1S/C20H18ClFN2O2/c1-11-9-14(21)10-16-18(11)24-20(17(12(2)25)19(16)26)23-8-7-13-3-5-15(22)6-4-13/h3-6,9-10,17H,7-8H2,1-2H3,(H,23,24). The Morgan fingerprint density at radius 3 is 2.62 bits per heavy atom. The molecular weight excluding hydrogens is 355 g/mol. The van der Waals surface area contributed by atoms with Gasteiger partial charge in [0.15, 0.2) is 5.78 Å². The molecule has 1 N–H and O–H groups in total. The Bertz CT molecular complexity index is 907. The van der Waals surface area contributed by atoms with Gasteiger partial charge < -0.3 is 5.32 Å². The van der Waals surface area contributed by atoms with Crippen LogP contribution in [0.5, 0.6) is 0 Å². The summed E-state index contributed by atoms with van der Waals surface area (Å²) in [5.74, 6) is -1.46. The van der Waals surface area contributed by atoms with Gasteiger partial charge in [0.05, 0.1) is 5.69 Å². The first-order valence-corrected chi connectivity index (χ1v) is 8.65. The maximum Gasteiger partial charge on any atom is 0.183 e. The molecule has 6 heteroatoms. The van der Waals surface area contributed by atoms with E-state index in [0.717, 1.165) is 11.1 Å². The van der Waals surface area contributed by atoms with E-state index in [4.69, 9.17) is 11.6 Å². The Morgan fingerprint density at radius 2 is 1.96 bits per heavy atom. The van der Waals surface area contributed by atoms with Crippen LogP contribution in [-0.2, 0) is 11.2 Å². The summed E-state index contributed by atoms with van der Waals surface area (Å²) in [6.45, 7) is 3.60. The smallest absolute Gasteiger partial charge is 0.183 e. The number of carbonyl (C=O) groups is 2. The topological polar surface area (TPSA) is 58.5 Å². The second-order valence-corrected chi connectivity index (χ2v) is 6.76. The van der Waals surface area contributed by atoms with E-state index in [0.29, 0.717) is 35.1 Å². The van der Waals surface area contributed by atoms with Crippen LogP contribution in [0, 0.1) is 18.7 Å². The fraction of sp³-hybridized carbons (Fsp3) is 0.250. The molecule has 0 saturated carbocycles. The van der Waals surface area contributed by atoms with Crippen LogP contribution in [0.3, 0.4) is 0 Å². The lowest BCUT2D eigenvalue weighted by molar-refractivity contribution is -0.117. The summed E-state index contributed by atoms with van der Waals surface area (Å²) in [7, 11) is 0. The van der Waals surface area contributed by atoms with Gasteiger partial charge in [-0.25, -0.2) is 4.39 Å². The van der Waals surface area contributed by atoms with Crippen LogP contribution in [0.4, 0.5) is 10.1 Å². The van der Waals surface area contributed by atoms with Crippen molar-refractivity contribution in [2.45, 2.75) is 20.3 Å². The zero-order valence-electron chi connectivity index (χ0n) is 14.5. The first-order chi connectivity index (χ1) is 12.4. The molecule has 0 spiro atoms. The molecule has 2 aromatic carbocycles. The number of Topliss-reactive ketones (excluding diaryl/α,β-unsaturated/α-hetero) is 2. The molecule has 0 aliphatic carbocycles. The number of rotatable bonds is 4. The van der Waals surface area contributed by atoms with Gasteiger partial charge in [0, 0.05) is 17.1 Å². The summed E-state index contributed by atoms with van der Waals surface area (Å²) in [5.41, 5.74) is 2.79. The molecule has 0 amide bonds. The third-order valence-corrected chi connectivity index (χ3v) is 4.58. The average Bonchev–Trinajstić information content (AvgIpc) is 2.57. The maximum absolute atomic E-state index is 13.0. The molecule has 1 heterocycles. The number of nitrogens with one attached hydrogen (secondary N) is 1. The lowest BCUT2D eigenvalue weighted by Gasteiger charge is -2.26. The van der Waals surface area contributed by atoms with Crippen LogP contribution in [0.15, 0.2) is 41.4 Å². The zero-order valence-corrected chi connectivity index (χ0v) is 15.2. The van der Waals surface area contributed by atoms with Crippen LogP contribution < -0.4 is 5.32 Å². The number of halogens is 2. The number of benzene rings is 2. The molecule has 0 radical (unpaired) electrons. The summed E-state index contributed by atoms with van der Waals surface area (Å²) in [6.07, 6.45) is 0.580. The number of fused-ring (bicyclic) bond motifs is 1. The van der Waals surface area contributed by atoms with Crippen molar-refractivity contribution in [1.29, 1.82) is 0 Å². The van der Waals surface area contributed by atoms with Gasteiger partial charge in [0.25, 0.3) is 0 Å². The molecule has 0 bridgehead atoms. The van der Waals surface area contributed by atoms with E-state index in [9.17, 15) is 14.0 Å². The number of nitrogens with zero attached hydrogens (tertiary/aromatic N) is 1. The fourth-order valence-electron chi connectivity index (χ4n) is 3.05. The monoisotopic (exact) mass is 372 g/mol. The Kier molecular flexibility index (Phi) is 5.18. The molecule has 1 unspecified atom stereocenters. The summed E-state index contributed by atoms with van der Waals surface area (Å²) in [5, 5.41) is 3.59. The molecule has 3 rings (SSSR count). The largest absolute Gasteiger partial charge is 0.342 e. The van der Waals surface area contributed by atoms with Crippen LogP contribution >= 0.6 is 11.6 Å². The van der Waals surface area contributed by atoms with E-state index < -0.39 is 5.92 Å². The molecule has 1 aliphatic heterocycles. The minimum atomic E-state index is -0.950. The Balaban J connectivity index is 1.88. The molecule has 0 fully saturated rings. The number of hydrogen-bond acceptors (Lipinski definition) is 3. The SMILES string of the molecule is CC(=O)C1C(=O)c2cc(Cl)cc(C)c2NC1=NCCc1ccc(F)cc1. The number of carbonyl (C=O) groups excluding carboxylic acids is 2. The lowest BCUT2D eigenvalue weighted by Crippen LogP contribution is -2.40. The van der Waals surface area contributed by atoms with E-state index in [-0.39, 0.29) is 17.4 Å². The number of anilines is 1. The van der Waals surface area contributed by atoms with Crippen LogP contribution in [0.25, 0.3) is 0 Å². The molecule has 1 aliphatic rings. The van der Waals surface area contributed by atoms with Crippen molar-refractivity contribution in [2.24, 2.45) is 10.9 Å². The van der Waals surface area contributed by atoms with E-state index in [1.54, 1.807) is 24.3 Å². The van der Waals surface area contributed by atoms with Crippen molar-refractivity contribution in [3.8, 4) is 0 Å². The summed E-state index contributed by atoms with van der Waals surface area (Å²) in [4.78, 5) is 29.3.